The molecule has 0 bridgehead atoms. The van der Waals surface area contributed by atoms with Crippen LogP contribution in [0.2, 0.25) is 0 Å². The first-order chi connectivity index (χ1) is 9.52. The predicted octanol–water partition coefficient (Wildman–Crippen LogP) is 3.98. The molecule has 2 rings (SSSR count). The fourth-order valence-electron chi connectivity index (χ4n) is 2.05. The first kappa shape index (κ1) is 14.9. The zero-order valence-corrected chi connectivity index (χ0v) is 12.5. The minimum atomic E-state index is -0.587. The third-order valence-electron chi connectivity index (χ3n) is 3.08. The summed E-state index contributed by atoms with van der Waals surface area (Å²) in [5, 5.41) is 0. The molecule has 1 atom stereocenters. The fourth-order valence-corrected chi connectivity index (χ4v) is 2.39. The van der Waals surface area contributed by atoms with Gasteiger partial charge in [0, 0.05) is 21.6 Å². The van der Waals surface area contributed by atoms with Gasteiger partial charge in [-0.25, -0.2) is 8.78 Å². The molecule has 0 saturated carbocycles. The van der Waals surface area contributed by atoms with Gasteiger partial charge >= 0.3 is 0 Å². The molecule has 0 heterocycles. The number of benzene rings is 2. The Hall–Kier alpha value is -1.46. The smallest absolute Gasteiger partial charge is 0.129 e. The molecule has 0 amide bonds. The van der Waals surface area contributed by atoms with Crippen molar-refractivity contribution in [3.63, 3.8) is 0 Å². The van der Waals surface area contributed by atoms with Gasteiger partial charge < -0.3 is 10.5 Å². The summed E-state index contributed by atoms with van der Waals surface area (Å²) in [5.74, 6) is -0.586. The number of ether oxygens (including phenoxy) is 1. The van der Waals surface area contributed by atoms with Crippen molar-refractivity contribution in [2.24, 2.45) is 5.73 Å². The van der Waals surface area contributed by atoms with Crippen LogP contribution in [0.1, 0.15) is 17.2 Å². The third-order valence-corrected chi connectivity index (χ3v) is 3.57. The van der Waals surface area contributed by atoms with Crippen LogP contribution in [0.3, 0.4) is 0 Å². The van der Waals surface area contributed by atoms with Gasteiger partial charge in [0.15, 0.2) is 0 Å². The van der Waals surface area contributed by atoms with Gasteiger partial charge in [0.2, 0.25) is 0 Å². The molecule has 20 heavy (non-hydrogen) atoms. The predicted molar refractivity (Wildman–Crippen MR) is 77.7 cm³/mol. The molecule has 2 nitrogen and oxygen atoms in total. The first-order valence-electron chi connectivity index (χ1n) is 6.05. The average Bonchev–Trinajstić information content (AvgIpc) is 2.42. The maximum atomic E-state index is 13.6. The minimum absolute atomic E-state index is 0.00929. The Balaban J connectivity index is 2.31. The standard InChI is InChI=1S/C15H14BrF2NO/c1-20-15-7-9(16)5-6-10(15)14(19)8-11-12(17)3-2-4-13(11)18/h2-7,14H,8,19H2,1H3. The zero-order valence-electron chi connectivity index (χ0n) is 10.9. The molecule has 1 unspecified atom stereocenters. The van der Waals surface area contributed by atoms with Gasteiger partial charge in [0.05, 0.1) is 7.11 Å². The Morgan fingerprint density at radius 3 is 2.45 bits per heavy atom. The second kappa shape index (κ2) is 6.33. The molecule has 2 aromatic carbocycles. The van der Waals surface area contributed by atoms with E-state index in [9.17, 15) is 8.78 Å². The highest BCUT2D eigenvalue weighted by atomic mass is 79.9. The van der Waals surface area contributed by atoms with Crippen LogP contribution >= 0.6 is 15.9 Å². The number of rotatable bonds is 4. The van der Waals surface area contributed by atoms with E-state index in [0.29, 0.717) is 11.3 Å². The van der Waals surface area contributed by atoms with Crippen LogP contribution in [-0.2, 0) is 6.42 Å². The van der Waals surface area contributed by atoms with Crippen molar-refractivity contribution in [2.45, 2.75) is 12.5 Å². The molecular formula is C15H14BrF2NO. The van der Waals surface area contributed by atoms with Crippen LogP contribution in [0.4, 0.5) is 8.78 Å². The summed E-state index contributed by atoms with van der Waals surface area (Å²) in [6, 6.07) is 8.60. The summed E-state index contributed by atoms with van der Waals surface area (Å²) >= 11 is 3.34. The topological polar surface area (TPSA) is 35.2 Å². The number of halogens is 3. The van der Waals surface area contributed by atoms with Crippen molar-refractivity contribution < 1.29 is 13.5 Å². The molecule has 0 aliphatic carbocycles. The highest BCUT2D eigenvalue weighted by Crippen LogP contribution is 2.30. The van der Waals surface area contributed by atoms with Gasteiger partial charge in [-0.1, -0.05) is 28.1 Å². The number of methoxy groups -OCH3 is 1. The monoisotopic (exact) mass is 341 g/mol. The van der Waals surface area contributed by atoms with Crippen LogP contribution in [-0.4, -0.2) is 7.11 Å². The molecule has 0 spiro atoms. The van der Waals surface area contributed by atoms with Gasteiger partial charge in [-0.15, -0.1) is 0 Å². The SMILES string of the molecule is COc1cc(Br)ccc1C(N)Cc1c(F)cccc1F. The second-order valence-electron chi connectivity index (χ2n) is 4.40. The maximum absolute atomic E-state index is 13.6. The third kappa shape index (κ3) is 3.16. The Kier molecular flexibility index (Phi) is 4.73. The zero-order chi connectivity index (χ0) is 14.7. The minimum Gasteiger partial charge on any atom is -0.496 e. The molecule has 2 N–H and O–H groups in total. The Morgan fingerprint density at radius 2 is 1.85 bits per heavy atom. The molecular weight excluding hydrogens is 328 g/mol. The molecule has 0 aromatic heterocycles. The molecule has 106 valence electrons. The van der Waals surface area contributed by atoms with E-state index in [0.717, 1.165) is 4.47 Å². The van der Waals surface area contributed by atoms with Crippen molar-refractivity contribution in [3.05, 3.63) is 63.6 Å². The van der Waals surface area contributed by atoms with E-state index in [1.807, 2.05) is 6.07 Å². The normalized spacial score (nSPS) is 12.2. The highest BCUT2D eigenvalue weighted by molar-refractivity contribution is 9.10. The van der Waals surface area contributed by atoms with Crippen molar-refractivity contribution in [1.82, 2.24) is 0 Å². The van der Waals surface area contributed by atoms with Gasteiger partial charge in [0.1, 0.15) is 17.4 Å². The van der Waals surface area contributed by atoms with Gasteiger partial charge in [-0.05, 0) is 30.7 Å². The molecule has 0 aliphatic rings. The van der Waals surface area contributed by atoms with E-state index in [1.165, 1.54) is 25.3 Å². The summed E-state index contributed by atoms with van der Waals surface area (Å²) in [7, 11) is 1.53. The lowest BCUT2D eigenvalue weighted by atomic mass is 9.98. The lowest BCUT2D eigenvalue weighted by Crippen LogP contribution is -2.16. The van der Waals surface area contributed by atoms with Gasteiger partial charge in [-0.2, -0.15) is 0 Å². The van der Waals surface area contributed by atoms with E-state index in [4.69, 9.17) is 10.5 Å². The summed E-state index contributed by atoms with van der Waals surface area (Å²) in [4.78, 5) is 0. The van der Waals surface area contributed by atoms with E-state index in [1.54, 1.807) is 12.1 Å². The summed E-state index contributed by atoms with van der Waals surface area (Å²) in [5.41, 5.74) is 6.76. The van der Waals surface area contributed by atoms with Crippen LogP contribution in [0, 0.1) is 11.6 Å². The van der Waals surface area contributed by atoms with Crippen molar-refractivity contribution in [3.8, 4) is 5.75 Å². The van der Waals surface area contributed by atoms with Crippen LogP contribution in [0.25, 0.3) is 0 Å². The first-order valence-corrected chi connectivity index (χ1v) is 6.84. The Labute approximate surface area is 124 Å². The number of hydrogen-bond acceptors (Lipinski definition) is 2. The largest absolute Gasteiger partial charge is 0.496 e. The van der Waals surface area contributed by atoms with E-state index in [-0.39, 0.29) is 12.0 Å². The lowest BCUT2D eigenvalue weighted by Gasteiger charge is -2.16. The van der Waals surface area contributed by atoms with Crippen molar-refractivity contribution in [2.75, 3.05) is 7.11 Å². The Bertz CT molecular complexity index is 599. The summed E-state index contributed by atoms with van der Waals surface area (Å²) in [6.07, 6.45) is 0.0660. The van der Waals surface area contributed by atoms with E-state index < -0.39 is 17.7 Å². The molecule has 5 heteroatoms. The van der Waals surface area contributed by atoms with Crippen molar-refractivity contribution in [1.29, 1.82) is 0 Å². The number of hydrogen-bond donors (Lipinski definition) is 1. The maximum Gasteiger partial charge on any atom is 0.129 e. The Morgan fingerprint density at radius 1 is 1.20 bits per heavy atom. The molecule has 2 aromatic rings. The molecule has 0 saturated heterocycles. The lowest BCUT2D eigenvalue weighted by molar-refractivity contribution is 0.404. The molecule has 0 aliphatic heterocycles. The molecule has 0 radical (unpaired) electrons. The summed E-state index contributed by atoms with van der Waals surface area (Å²) < 4.78 is 33.4. The van der Waals surface area contributed by atoms with Crippen molar-refractivity contribution >= 4 is 15.9 Å². The van der Waals surface area contributed by atoms with Crippen LogP contribution in [0.15, 0.2) is 40.9 Å². The average molecular weight is 342 g/mol. The van der Waals surface area contributed by atoms with Gasteiger partial charge in [0.25, 0.3) is 0 Å². The van der Waals surface area contributed by atoms with Gasteiger partial charge in [-0.3, -0.25) is 0 Å². The number of nitrogens with two attached hydrogens (primary N) is 1. The second-order valence-corrected chi connectivity index (χ2v) is 5.31. The quantitative estimate of drug-likeness (QED) is 0.912. The molecule has 0 fully saturated rings. The summed E-state index contributed by atoms with van der Waals surface area (Å²) in [6.45, 7) is 0. The van der Waals surface area contributed by atoms with Crippen LogP contribution in [0.5, 0.6) is 5.75 Å². The van der Waals surface area contributed by atoms with E-state index >= 15 is 0 Å². The highest BCUT2D eigenvalue weighted by Gasteiger charge is 2.17. The van der Waals surface area contributed by atoms with Crippen LogP contribution < -0.4 is 10.5 Å². The fraction of sp³-hybridized carbons (Fsp3) is 0.200. The van der Waals surface area contributed by atoms with E-state index in [2.05, 4.69) is 15.9 Å².